The topological polar surface area (TPSA) is 55.1 Å². The van der Waals surface area contributed by atoms with E-state index in [0.29, 0.717) is 0 Å². The van der Waals surface area contributed by atoms with Crippen LogP contribution in [0.5, 0.6) is 0 Å². The van der Waals surface area contributed by atoms with E-state index in [-0.39, 0.29) is 5.69 Å². The summed E-state index contributed by atoms with van der Waals surface area (Å²) in [5.41, 5.74) is 0.843. The minimum Gasteiger partial charge on any atom is -0.476 e. The molecule has 1 aromatic carbocycles. The third-order valence-electron chi connectivity index (χ3n) is 1.91. The van der Waals surface area contributed by atoms with Crippen molar-refractivity contribution in [1.29, 1.82) is 0 Å². The predicted molar refractivity (Wildman–Crippen MR) is 58.2 cm³/mol. The number of nitrogens with zero attached hydrogens (tertiary/aromatic N) is 2. The number of carbonyl (C=O) groups is 1. The molecule has 0 fully saturated rings. The third-order valence-corrected chi connectivity index (χ3v) is 2.58. The molecule has 4 nitrogen and oxygen atoms in total. The molecule has 5 heteroatoms. The van der Waals surface area contributed by atoms with Crippen molar-refractivity contribution in [2.45, 2.75) is 0 Å². The number of hydrogen-bond acceptors (Lipinski definition) is 2. The van der Waals surface area contributed by atoms with Crippen molar-refractivity contribution in [1.82, 2.24) is 9.78 Å². The number of carboxylic acid groups (broad SMARTS) is 1. The SMILES string of the molecule is O=C(O)c1ccn(-c2ccccc2Br)n1. The maximum atomic E-state index is 10.6. The molecule has 0 spiro atoms. The lowest BCUT2D eigenvalue weighted by Crippen LogP contribution is -2.01. The summed E-state index contributed by atoms with van der Waals surface area (Å²) in [5.74, 6) is -1.03. The molecule has 1 heterocycles. The quantitative estimate of drug-likeness (QED) is 0.908. The molecule has 0 radical (unpaired) electrons. The highest BCUT2D eigenvalue weighted by Gasteiger charge is 2.08. The first kappa shape index (κ1) is 9.92. The van der Waals surface area contributed by atoms with E-state index in [1.54, 1.807) is 6.20 Å². The number of hydrogen-bond donors (Lipinski definition) is 1. The predicted octanol–water partition coefficient (Wildman–Crippen LogP) is 2.33. The van der Waals surface area contributed by atoms with Gasteiger partial charge in [0.2, 0.25) is 0 Å². The van der Waals surface area contributed by atoms with Crippen LogP contribution in [0.15, 0.2) is 41.0 Å². The molecule has 0 saturated heterocycles. The standard InChI is InChI=1S/C10H7BrN2O2/c11-7-3-1-2-4-9(7)13-6-5-8(12-13)10(14)15/h1-6H,(H,14,15). The fraction of sp³-hybridized carbons (Fsp3) is 0. The van der Waals surface area contributed by atoms with Crippen LogP contribution in [-0.2, 0) is 0 Å². The van der Waals surface area contributed by atoms with Gasteiger partial charge in [0, 0.05) is 10.7 Å². The highest BCUT2D eigenvalue weighted by Crippen LogP contribution is 2.19. The van der Waals surface area contributed by atoms with E-state index in [4.69, 9.17) is 5.11 Å². The molecule has 2 rings (SSSR count). The van der Waals surface area contributed by atoms with Crippen LogP contribution in [0.1, 0.15) is 10.5 Å². The van der Waals surface area contributed by atoms with E-state index < -0.39 is 5.97 Å². The second-order valence-corrected chi connectivity index (χ2v) is 3.76. The summed E-state index contributed by atoms with van der Waals surface area (Å²) in [6.45, 7) is 0. The average molecular weight is 267 g/mol. The van der Waals surface area contributed by atoms with Gasteiger partial charge < -0.3 is 5.11 Å². The monoisotopic (exact) mass is 266 g/mol. The van der Waals surface area contributed by atoms with E-state index >= 15 is 0 Å². The van der Waals surface area contributed by atoms with Crippen LogP contribution >= 0.6 is 15.9 Å². The Morgan fingerprint density at radius 2 is 2.07 bits per heavy atom. The Labute approximate surface area is 94.3 Å². The summed E-state index contributed by atoms with van der Waals surface area (Å²) >= 11 is 3.37. The van der Waals surface area contributed by atoms with E-state index in [1.807, 2.05) is 24.3 Å². The van der Waals surface area contributed by atoms with Crippen LogP contribution in [0, 0.1) is 0 Å². The molecule has 0 atom stereocenters. The highest BCUT2D eigenvalue weighted by molar-refractivity contribution is 9.10. The largest absolute Gasteiger partial charge is 0.476 e. The van der Waals surface area contributed by atoms with Gasteiger partial charge in [0.25, 0.3) is 0 Å². The minimum atomic E-state index is -1.03. The number of para-hydroxylation sites is 1. The van der Waals surface area contributed by atoms with Crippen molar-refractivity contribution >= 4 is 21.9 Å². The van der Waals surface area contributed by atoms with Crippen molar-refractivity contribution in [2.75, 3.05) is 0 Å². The fourth-order valence-electron chi connectivity index (χ4n) is 1.21. The molecule has 0 aliphatic carbocycles. The summed E-state index contributed by atoms with van der Waals surface area (Å²) in [6.07, 6.45) is 1.61. The van der Waals surface area contributed by atoms with Gasteiger partial charge in [-0.05, 0) is 34.1 Å². The van der Waals surface area contributed by atoms with Crippen molar-refractivity contribution in [3.05, 3.63) is 46.7 Å². The zero-order chi connectivity index (χ0) is 10.8. The number of aromatic carboxylic acids is 1. The van der Waals surface area contributed by atoms with Crippen LogP contribution < -0.4 is 0 Å². The third kappa shape index (κ3) is 1.92. The fourth-order valence-corrected chi connectivity index (χ4v) is 1.68. The van der Waals surface area contributed by atoms with Gasteiger partial charge in [-0.15, -0.1) is 0 Å². The first-order chi connectivity index (χ1) is 7.18. The Morgan fingerprint density at radius 3 is 2.67 bits per heavy atom. The number of aromatic nitrogens is 2. The van der Waals surface area contributed by atoms with Gasteiger partial charge >= 0.3 is 5.97 Å². The maximum Gasteiger partial charge on any atom is 0.356 e. The molecule has 1 aromatic heterocycles. The Morgan fingerprint density at radius 1 is 1.33 bits per heavy atom. The highest BCUT2D eigenvalue weighted by atomic mass is 79.9. The molecule has 0 aliphatic heterocycles. The van der Waals surface area contributed by atoms with Gasteiger partial charge in [0.1, 0.15) is 0 Å². The summed E-state index contributed by atoms with van der Waals surface area (Å²) < 4.78 is 2.39. The van der Waals surface area contributed by atoms with E-state index in [2.05, 4.69) is 21.0 Å². The zero-order valence-electron chi connectivity index (χ0n) is 7.59. The van der Waals surface area contributed by atoms with Gasteiger partial charge in [-0.2, -0.15) is 5.10 Å². The lowest BCUT2D eigenvalue weighted by molar-refractivity contribution is 0.0690. The average Bonchev–Trinajstić information content (AvgIpc) is 2.67. The summed E-state index contributed by atoms with van der Waals surface area (Å²) in [6, 6.07) is 8.93. The number of benzene rings is 1. The lowest BCUT2D eigenvalue weighted by Gasteiger charge is -2.02. The molecule has 1 N–H and O–H groups in total. The van der Waals surface area contributed by atoms with E-state index in [1.165, 1.54) is 10.7 Å². The van der Waals surface area contributed by atoms with Crippen molar-refractivity contribution < 1.29 is 9.90 Å². The summed E-state index contributed by atoms with van der Waals surface area (Å²) in [7, 11) is 0. The van der Waals surface area contributed by atoms with Gasteiger partial charge in [-0.3, -0.25) is 0 Å². The second kappa shape index (κ2) is 3.86. The van der Waals surface area contributed by atoms with Crippen LogP contribution in [0.2, 0.25) is 0 Å². The van der Waals surface area contributed by atoms with E-state index in [0.717, 1.165) is 10.2 Å². The van der Waals surface area contributed by atoms with Gasteiger partial charge in [-0.1, -0.05) is 12.1 Å². The van der Waals surface area contributed by atoms with E-state index in [9.17, 15) is 4.79 Å². The Kier molecular flexibility index (Phi) is 2.55. The lowest BCUT2D eigenvalue weighted by atomic mass is 10.3. The molecule has 0 aliphatic rings. The molecule has 76 valence electrons. The van der Waals surface area contributed by atoms with Crippen molar-refractivity contribution in [3.8, 4) is 5.69 Å². The molecular weight excluding hydrogens is 260 g/mol. The van der Waals surface area contributed by atoms with Crippen LogP contribution in [-0.4, -0.2) is 20.9 Å². The molecule has 0 unspecified atom stereocenters. The van der Waals surface area contributed by atoms with Crippen LogP contribution in [0.25, 0.3) is 5.69 Å². The number of halogens is 1. The molecule has 15 heavy (non-hydrogen) atoms. The van der Waals surface area contributed by atoms with Crippen molar-refractivity contribution in [3.63, 3.8) is 0 Å². The first-order valence-corrected chi connectivity index (χ1v) is 5.01. The Hall–Kier alpha value is -1.62. The molecular formula is C10H7BrN2O2. The zero-order valence-corrected chi connectivity index (χ0v) is 9.18. The second-order valence-electron chi connectivity index (χ2n) is 2.90. The minimum absolute atomic E-state index is 0.0331. The Bertz CT molecular complexity index is 508. The summed E-state index contributed by atoms with van der Waals surface area (Å²) in [4.78, 5) is 10.6. The summed E-state index contributed by atoms with van der Waals surface area (Å²) in [5, 5.41) is 12.7. The van der Waals surface area contributed by atoms with Crippen LogP contribution in [0.4, 0.5) is 0 Å². The smallest absolute Gasteiger partial charge is 0.356 e. The van der Waals surface area contributed by atoms with Gasteiger partial charge in [-0.25, -0.2) is 9.48 Å². The van der Waals surface area contributed by atoms with Gasteiger partial charge in [0.15, 0.2) is 5.69 Å². The molecule has 0 bridgehead atoms. The van der Waals surface area contributed by atoms with Crippen LogP contribution in [0.3, 0.4) is 0 Å². The number of carboxylic acids is 1. The molecule has 0 amide bonds. The normalized spacial score (nSPS) is 10.2. The van der Waals surface area contributed by atoms with Crippen molar-refractivity contribution in [2.24, 2.45) is 0 Å². The number of rotatable bonds is 2. The molecule has 2 aromatic rings. The first-order valence-electron chi connectivity index (χ1n) is 4.22. The van der Waals surface area contributed by atoms with Gasteiger partial charge in [0.05, 0.1) is 5.69 Å². The Balaban J connectivity index is 2.46. The maximum absolute atomic E-state index is 10.6. The molecule has 0 saturated carbocycles.